The largest absolute Gasteiger partial charge is 0.480 e. The van der Waals surface area contributed by atoms with Crippen LogP contribution in [0.15, 0.2) is 0 Å². The number of aliphatic hydroxyl groups is 2. The molecular formula is C45H82N10O12S. The lowest BCUT2D eigenvalue weighted by molar-refractivity contribution is -0.144. The predicted molar refractivity (Wildman–Crippen MR) is 257 cm³/mol. The zero-order chi connectivity index (χ0) is 52.2. The first kappa shape index (κ1) is 61.4. The number of nitrogens with one attached hydrogen (secondary N) is 7. The molecule has 0 aromatic heterocycles. The molecule has 1 saturated heterocycles. The zero-order valence-electron chi connectivity index (χ0n) is 41.5. The van der Waals surface area contributed by atoms with Crippen molar-refractivity contribution in [2.45, 2.75) is 187 Å². The van der Waals surface area contributed by atoms with E-state index >= 15 is 0 Å². The molecule has 0 aromatic rings. The molecule has 14 N–H and O–H groups in total. The van der Waals surface area contributed by atoms with Crippen LogP contribution in [0, 0.1) is 23.7 Å². The first-order valence-electron chi connectivity index (χ1n) is 23.7. The molecule has 0 saturated carbocycles. The number of likely N-dealkylation sites (tertiary alicyclic amines) is 1. The highest BCUT2D eigenvalue weighted by atomic mass is 32.1. The first-order valence-corrected chi connectivity index (χ1v) is 24.4. The Morgan fingerprint density at radius 3 is 1.51 bits per heavy atom. The summed E-state index contributed by atoms with van der Waals surface area (Å²) in [6.07, 6.45) is -0.266. The Hall–Kier alpha value is -4.58. The molecule has 390 valence electrons. The number of hydrogen-bond donors (Lipinski definition) is 13. The van der Waals surface area contributed by atoms with Crippen LogP contribution in [0.4, 0.5) is 0 Å². The third kappa shape index (κ3) is 20.6. The minimum atomic E-state index is -1.58. The Morgan fingerprint density at radius 2 is 1.03 bits per heavy atom. The van der Waals surface area contributed by atoms with E-state index in [2.05, 4.69) is 49.8 Å². The highest BCUT2D eigenvalue weighted by Gasteiger charge is 2.42. The molecule has 1 aliphatic rings. The maximum absolute atomic E-state index is 14.1. The van der Waals surface area contributed by atoms with Crippen LogP contribution in [0.1, 0.15) is 121 Å². The van der Waals surface area contributed by atoms with Gasteiger partial charge in [-0.15, -0.1) is 0 Å². The minimum Gasteiger partial charge on any atom is -0.480 e. The van der Waals surface area contributed by atoms with E-state index in [1.807, 2.05) is 13.8 Å². The Bertz CT molecular complexity index is 1700. The van der Waals surface area contributed by atoms with Crippen LogP contribution in [0.25, 0.3) is 0 Å². The van der Waals surface area contributed by atoms with Gasteiger partial charge in [0.2, 0.25) is 47.3 Å². The van der Waals surface area contributed by atoms with Gasteiger partial charge in [0.1, 0.15) is 48.3 Å². The second-order valence-electron chi connectivity index (χ2n) is 19.4. The average molecular weight is 987 g/mol. The third-order valence-electron chi connectivity index (χ3n) is 11.3. The van der Waals surface area contributed by atoms with Crippen molar-refractivity contribution in [3.05, 3.63) is 0 Å². The molecule has 8 amide bonds. The molecule has 1 aliphatic heterocycles. The summed E-state index contributed by atoms with van der Waals surface area (Å²) in [4.78, 5) is 122. The first-order chi connectivity index (χ1) is 31.7. The van der Waals surface area contributed by atoms with Crippen LogP contribution in [0.3, 0.4) is 0 Å². The van der Waals surface area contributed by atoms with Crippen molar-refractivity contribution >= 4 is 65.9 Å². The van der Waals surface area contributed by atoms with Gasteiger partial charge in [0.15, 0.2) is 0 Å². The number of carboxylic acids is 1. The van der Waals surface area contributed by atoms with Gasteiger partial charge in [-0.05, 0) is 89.0 Å². The van der Waals surface area contributed by atoms with Crippen molar-refractivity contribution in [2.75, 3.05) is 18.8 Å². The number of rotatable bonds is 30. The van der Waals surface area contributed by atoms with E-state index in [1.54, 1.807) is 41.5 Å². The number of nitrogens with zero attached hydrogens (tertiary/aromatic N) is 1. The molecule has 68 heavy (non-hydrogen) atoms. The predicted octanol–water partition coefficient (Wildman–Crippen LogP) is -1.60. The Morgan fingerprint density at radius 1 is 0.588 bits per heavy atom. The van der Waals surface area contributed by atoms with Crippen molar-refractivity contribution in [3.63, 3.8) is 0 Å². The number of carboxylic acid groups (broad SMARTS) is 1. The van der Waals surface area contributed by atoms with Crippen LogP contribution in [-0.4, -0.2) is 159 Å². The maximum Gasteiger partial charge on any atom is 0.326 e. The number of thiol groups is 1. The lowest BCUT2D eigenvalue weighted by Gasteiger charge is -2.32. The summed E-state index contributed by atoms with van der Waals surface area (Å²) in [6.45, 7) is 17.1. The number of aliphatic hydroxyl groups excluding tert-OH is 2. The molecule has 0 bridgehead atoms. The third-order valence-corrected chi connectivity index (χ3v) is 11.7. The molecule has 1 heterocycles. The summed E-state index contributed by atoms with van der Waals surface area (Å²) in [5, 5.41) is 48.6. The van der Waals surface area contributed by atoms with Crippen molar-refractivity contribution in [1.82, 2.24) is 42.1 Å². The fourth-order valence-electron chi connectivity index (χ4n) is 7.57. The SMILES string of the molecule is CC(C)C[C@H](NC(=O)[C@@H](NC(=O)[C@@H](NC(=O)[C@H](CS)NC(=O)[C@H](CC(C)C)NC(=O)[C@@H]1CCCN1C(=O)[C@@H](NC(=O)[C@H](CC(C)C)NC(=O)[C@@H](N)CCCCN)[C@@H](C)O)C(C)C)[C@@H](C)O)C(=O)O. The lowest BCUT2D eigenvalue weighted by atomic mass is 10.0. The van der Waals surface area contributed by atoms with Crippen molar-refractivity contribution in [3.8, 4) is 0 Å². The molecule has 0 spiro atoms. The molecule has 0 unspecified atom stereocenters. The van der Waals surface area contributed by atoms with Crippen molar-refractivity contribution < 1.29 is 58.5 Å². The number of carbonyl (C=O) groups is 9. The topological polar surface area (TPSA) is 354 Å². The zero-order valence-corrected chi connectivity index (χ0v) is 42.4. The lowest BCUT2D eigenvalue weighted by Crippen LogP contribution is -2.62. The summed E-state index contributed by atoms with van der Waals surface area (Å²) < 4.78 is 0. The van der Waals surface area contributed by atoms with Gasteiger partial charge in [-0.2, -0.15) is 12.6 Å². The van der Waals surface area contributed by atoms with Gasteiger partial charge in [-0.1, -0.05) is 61.8 Å². The molecule has 11 atom stereocenters. The van der Waals surface area contributed by atoms with E-state index in [4.69, 9.17) is 11.5 Å². The number of carbonyl (C=O) groups excluding carboxylic acids is 8. The summed E-state index contributed by atoms with van der Waals surface area (Å²) in [5.41, 5.74) is 11.6. The molecular weight excluding hydrogens is 905 g/mol. The molecule has 0 aromatic carbocycles. The second kappa shape index (κ2) is 30.1. The van der Waals surface area contributed by atoms with Gasteiger partial charge in [-0.25, -0.2) is 4.79 Å². The van der Waals surface area contributed by atoms with Gasteiger partial charge in [-0.3, -0.25) is 38.4 Å². The maximum atomic E-state index is 14.1. The standard InChI is InChI=1S/C45H82N10O12S/c1-22(2)18-29(38(59)51-32(21-68)40(61)52-34(25(7)8)42(63)53-35(26(9)56)43(64)50-31(45(66)67)20-24(5)6)49-41(62)33-15-13-17-55(33)44(65)36(27(10)57)54-39(60)30(19-23(3)4)48-37(58)28(47)14-11-12-16-46/h22-36,56-57,68H,11-21,46-47H2,1-10H3,(H,48,58)(H,49,62)(H,50,64)(H,51,59)(H,52,61)(H,53,63)(H,54,60)(H,66,67)/t26-,27-,28+,29+,30+,31+,32+,33+,34+,35+,36+/m1/s1. The summed E-state index contributed by atoms with van der Waals surface area (Å²) >= 11 is 4.26. The van der Waals surface area contributed by atoms with Gasteiger partial charge in [0.05, 0.1) is 18.2 Å². The molecule has 1 rings (SSSR count). The molecule has 22 nitrogen and oxygen atoms in total. The second-order valence-corrected chi connectivity index (χ2v) is 19.8. The number of amides is 8. The van der Waals surface area contributed by atoms with Crippen LogP contribution >= 0.6 is 12.6 Å². The number of nitrogens with two attached hydrogens (primary N) is 2. The number of aliphatic carboxylic acids is 1. The van der Waals surface area contributed by atoms with Crippen molar-refractivity contribution in [2.24, 2.45) is 35.1 Å². The van der Waals surface area contributed by atoms with E-state index in [0.29, 0.717) is 32.2 Å². The fraction of sp³-hybridized carbons (Fsp3) is 0.800. The fourth-order valence-corrected chi connectivity index (χ4v) is 7.83. The van der Waals surface area contributed by atoms with Crippen LogP contribution in [0.2, 0.25) is 0 Å². The van der Waals surface area contributed by atoms with E-state index in [9.17, 15) is 58.5 Å². The van der Waals surface area contributed by atoms with Gasteiger partial charge < -0.3 is 68.9 Å². The Balaban J connectivity index is 3.22. The van der Waals surface area contributed by atoms with Gasteiger partial charge >= 0.3 is 5.97 Å². The Kier molecular flexibility index (Phi) is 27.2. The minimum absolute atomic E-state index is 0.0588. The number of unbranched alkanes of at least 4 members (excludes halogenated alkanes) is 1. The highest BCUT2D eigenvalue weighted by Crippen LogP contribution is 2.21. The molecule has 0 radical (unpaired) electrons. The van der Waals surface area contributed by atoms with E-state index in [-0.39, 0.29) is 55.7 Å². The highest BCUT2D eigenvalue weighted by molar-refractivity contribution is 7.80. The van der Waals surface area contributed by atoms with Gasteiger partial charge in [0, 0.05) is 12.3 Å². The quantitative estimate of drug-likeness (QED) is 0.0285. The van der Waals surface area contributed by atoms with E-state index in [0.717, 1.165) is 0 Å². The van der Waals surface area contributed by atoms with Crippen LogP contribution in [-0.2, 0) is 43.2 Å². The van der Waals surface area contributed by atoms with Crippen LogP contribution < -0.4 is 48.7 Å². The summed E-state index contributed by atoms with van der Waals surface area (Å²) in [5.74, 6) is -8.60. The van der Waals surface area contributed by atoms with E-state index < -0.39 is 126 Å². The Labute approximate surface area is 406 Å². The normalized spacial score (nSPS) is 18.3. The molecule has 1 fully saturated rings. The monoisotopic (exact) mass is 987 g/mol. The smallest absolute Gasteiger partial charge is 0.326 e. The van der Waals surface area contributed by atoms with Gasteiger partial charge in [0.25, 0.3) is 0 Å². The van der Waals surface area contributed by atoms with Crippen molar-refractivity contribution in [1.29, 1.82) is 0 Å². The van der Waals surface area contributed by atoms with Crippen LogP contribution in [0.5, 0.6) is 0 Å². The summed E-state index contributed by atoms with van der Waals surface area (Å²) in [6, 6.07) is -11.3. The average Bonchev–Trinajstić information content (AvgIpc) is 3.74. The number of hydrogen-bond acceptors (Lipinski definition) is 14. The molecule has 23 heteroatoms. The molecule has 0 aliphatic carbocycles. The summed E-state index contributed by atoms with van der Waals surface area (Å²) in [7, 11) is 0. The van der Waals surface area contributed by atoms with E-state index in [1.165, 1.54) is 18.7 Å².